The highest BCUT2D eigenvalue weighted by molar-refractivity contribution is 5.75. The molecule has 2 N–H and O–H groups in total. The summed E-state index contributed by atoms with van der Waals surface area (Å²) in [4.78, 5) is 10.0. The summed E-state index contributed by atoms with van der Waals surface area (Å²) >= 11 is 0. The van der Waals surface area contributed by atoms with Crippen molar-refractivity contribution < 1.29 is 4.79 Å². The molecule has 1 radical (unpaired) electrons. The van der Waals surface area contributed by atoms with Crippen LogP contribution in [-0.4, -0.2) is 6.29 Å². The van der Waals surface area contributed by atoms with Crippen LogP contribution in [0.3, 0.4) is 0 Å². The Kier molecular flexibility index (Phi) is 2.18. The molecule has 2 nitrogen and oxygen atoms in total. The van der Waals surface area contributed by atoms with Gasteiger partial charge in [-0.05, 0) is 5.56 Å². The third-order valence-corrected chi connectivity index (χ3v) is 1.31. The van der Waals surface area contributed by atoms with E-state index in [-0.39, 0.29) is 0 Å². The molecule has 1 rings (SSSR count). The molecule has 0 fully saturated rings. The number of benzene rings is 1. The second kappa shape index (κ2) is 3.13. The summed E-state index contributed by atoms with van der Waals surface area (Å²) in [5.74, 6) is 0. The molecular formula is C8H8NO. The van der Waals surface area contributed by atoms with E-state index in [0.717, 1.165) is 5.56 Å². The van der Waals surface area contributed by atoms with Crippen molar-refractivity contribution in [2.75, 3.05) is 0 Å². The first kappa shape index (κ1) is 6.96. The van der Waals surface area contributed by atoms with Crippen molar-refractivity contribution in [1.29, 1.82) is 0 Å². The third-order valence-electron chi connectivity index (χ3n) is 1.31. The molecule has 0 aliphatic rings. The molecule has 10 heavy (non-hydrogen) atoms. The maximum Gasteiger partial charge on any atom is 0.233 e. The zero-order valence-electron chi connectivity index (χ0n) is 5.50. The van der Waals surface area contributed by atoms with Crippen molar-refractivity contribution in [3.63, 3.8) is 0 Å². The Labute approximate surface area is 59.7 Å². The second-order valence-electron chi connectivity index (χ2n) is 2.00. The van der Waals surface area contributed by atoms with Gasteiger partial charge in [-0.3, -0.25) is 4.79 Å². The van der Waals surface area contributed by atoms with Crippen molar-refractivity contribution in [1.82, 2.24) is 0 Å². The maximum atomic E-state index is 10.0. The van der Waals surface area contributed by atoms with Gasteiger partial charge >= 0.3 is 0 Å². The summed E-state index contributed by atoms with van der Waals surface area (Å²) in [5.41, 5.74) is 6.94. The van der Waals surface area contributed by atoms with E-state index in [9.17, 15) is 4.79 Å². The minimum absolute atomic E-state index is 0.513. The molecule has 0 unspecified atom stereocenters. The lowest BCUT2D eigenvalue weighted by Gasteiger charge is -1.93. The third kappa shape index (κ3) is 1.42. The monoisotopic (exact) mass is 134 g/mol. The Morgan fingerprint density at radius 3 is 2.30 bits per heavy atom. The lowest BCUT2D eigenvalue weighted by atomic mass is 10.1. The molecule has 0 saturated heterocycles. The first-order valence-corrected chi connectivity index (χ1v) is 3.04. The summed E-state index contributed by atoms with van der Waals surface area (Å²) in [7, 11) is 0. The average molecular weight is 134 g/mol. The minimum Gasteiger partial charge on any atom is -0.326 e. The van der Waals surface area contributed by atoms with Gasteiger partial charge in [0.2, 0.25) is 6.29 Å². The first-order chi connectivity index (χ1) is 4.86. The Morgan fingerprint density at radius 1 is 1.30 bits per heavy atom. The normalized spacial score (nSPS) is 9.30. The van der Waals surface area contributed by atoms with Crippen molar-refractivity contribution in [2.24, 2.45) is 5.73 Å². The predicted octanol–water partition coefficient (Wildman–Crippen LogP) is 0.603. The largest absolute Gasteiger partial charge is 0.326 e. The van der Waals surface area contributed by atoms with Gasteiger partial charge in [0.15, 0.2) is 0 Å². The second-order valence-corrected chi connectivity index (χ2v) is 2.00. The van der Waals surface area contributed by atoms with Crippen LogP contribution in [0.15, 0.2) is 24.3 Å². The van der Waals surface area contributed by atoms with Gasteiger partial charge in [0.1, 0.15) is 0 Å². The van der Waals surface area contributed by atoms with Gasteiger partial charge in [-0.25, -0.2) is 0 Å². The smallest absolute Gasteiger partial charge is 0.233 e. The molecule has 0 heterocycles. The van der Waals surface area contributed by atoms with Gasteiger partial charge in [-0.15, -0.1) is 0 Å². The van der Waals surface area contributed by atoms with Crippen LogP contribution in [0, 0.1) is 0 Å². The molecule has 0 spiro atoms. The molecule has 0 aromatic heterocycles. The Balaban J connectivity index is 2.90. The topological polar surface area (TPSA) is 43.1 Å². The highest BCUT2D eigenvalue weighted by Crippen LogP contribution is 2.00. The van der Waals surface area contributed by atoms with E-state index < -0.39 is 0 Å². The van der Waals surface area contributed by atoms with Crippen LogP contribution in [0.1, 0.15) is 11.1 Å². The molecule has 2 heteroatoms. The van der Waals surface area contributed by atoms with Crippen LogP contribution in [-0.2, 0) is 11.3 Å². The van der Waals surface area contributed by atoms with Crippen LogP contribution >= 0.6 is 0 Å². The number of carbonyl (C=O) groups excluding carboxylic acids is 1. The Morgan fingerprint density at radius 2 is 1.90 bits per heavy atom. The highest BCUT2D eigenvalue weighted by Gasteiger charge is 1.89. The first-order valence-electron chi connectivity index (χ1n) is 3.04. The van der Waals surface area contributed by atoms with Gasteiger partial charge in [-0.2, -0.15) is 0 Å². The fraction of sp³-hybridized carbons (Fsp3) is 0.125. The molecule has 1 aromatic rings. The standard InChI is InChI=1S/C8H8NO/c9-5-7-1-3-8(6-10)4-2-7/h1-4H,5,9H2. The van der Waals surface area contributed by atoms with Gasteiger partial charge in [-0.1, -0.05) is 24.3 Å². The van der Waals surface area contributed by atoms with E-state index in [0.29, 0.717) is 12.1 Å². The fourth-order valence-electron chi connectivity index (χ4n) is 0.709. The van der Waals surface area contributed by atoms with Gasteiger partial charge in [0.05, 0.1) is 0 Å². The molecular weight excluding hydrogens is 126 g/mol. The van der Waals surface area contributed by atoms with Crippen LogP contribution < -0.4 is 5.73 Å². The van der Waals surface area contributed by atoms with E-state index in [2.05, 4.69) is 0 Å². The zero-order valence-corrected chi connectivity index (χ0v) is 5.50. The summed E-state index contributed by atoms with van der Waals surface area (Å²) < 4.78 is 0. The number of hydrogen-bond donors (Lipinski definition) is 1. The summed E-state index contributed by atoms with van der Waals surface area (Å²) in [6.07, 6.45) is 1.79. The van der Waals surface area contributed by atoms with Crippen LogP contribution in [0.5, 0.6) is 0 Å². The Bertz CT molecular complexity index is 215. The van der Waals surface area contributed by atoms with Crippen LogP contribution in [0.4, 0.5) is 0 Å². The van der Waals surface area contributed by atoms with E-state index in [1.54, 1.807) is 18.4 Å². The molecule has 0 aliphatic heterocycles. The molecule has 0 bridgehead atoms. The summed E-state index contributed by atoms with van der Waals surface area (Å²) in [6.45, 7) is 0.513. The highest BCUT2D eigenvalue weighted by atomic mass is 16.1. The molecule has 0 aliphatic carbocycles. The fourth-order valence-corrected chi connectivity index (χ4v) is 0.709. The van der Waals surface area contributed by atoms with Crippen molar-refractivity contribution in [3.05, 3.63) is 35.4 Å². The van der Waals surface area contributed by atoms with Crippen molar-refractivity contribution in [3.8, 4) is 0 Å². The zero-order chi connectivity index (χ0) is 7.40. The van der Waals surface area contributed by atoms with E-state index in [4.69, 9.17) is 5.73 Å². The SMILES string of the molecule is NCc1ccc([C]=O)cc1. The summed E-state index contributed by atoms with van der Waals surface area (Å²) in [5, 5.41) is 0. The summed E-state index contributed by atoms with van der Waals surface area (Å²) in [6, 6.07) is 7.05. The molecule has 1 aromatic carbocycles. The number of nitrogens with two attached hydrogens (primary N) is 1. The van der Waals surface area contributed by atoms with Crippen molar-refractivity contribution >= 4 is 6.29 Å². The lowest BCUT2D eigenvalue weighted by molar-refractivity contribution is 0.563. The predicted molar refractivity (Wildman–Crippen MR) is 39.1 cm³/mol. The molecule has 0 atom stereocenters. The minimum atomic E-state index is 0.513. The molecule has 0 saturated carbocycles. The Hall–Kier alpha value is -1.15. The van der Waals surface area contributed by atoms with Crippen LogP contribution in [0.25, 0.3) is 0 Å². The quantitative estimate of drug-likeness (QED) is 0.643. The average Bonchev–Trinajstić information content (AvgIpc) is 2.05. The molecule has 51 valence electrons. The van der Waals surface area contributed by atoms with E-state index >= 15 is 0 Å². The lowest BCUT2D eigenvalue weighted by Crippen LogP contribution is -1.95. The van der Waals surface area contributed by atoms with E-state index in [1.165, 1.54) is 0 Å². The van der Waals surface area contributed by atoms with Gasteiger partial charge in [0.25, 0.3) is 0 Å². The van der Waals surface area contributed by atoms with Gasteiger partial charge < -0.3 is 5.73 Å². The van der Waals surface area contributed by atoms with Gasteiger partial charge in [0, 0.05) is 12.1 Å². The number of hydrogen-bond acceptors (Lipinski definition) is 2. The van der Waals surface area contributed by atoms with Crippen molar-refractivity contribution in [2.45, 2.75) is 6.54 Å². The number of rotatable bonds is 2. The molecule has 0 amide bonds. The van der Waals surface area contributed by atoms with Crippen LogP contribution in [0.2, 0.25) is 0 Å². The maximum absolute atomic E-state index is 10.0. The van der Waals surface area contributed by atoms with E-state index in [1.807, 2.05) is 12.1 Å².